The van der Waals surface area contributed by atoms with E-state index < -0.39 is 6.10 Å². The van der Waals surface area contributed by atoms with E-state index in [2.05, 4.69) is 5.16 Å². The van der Waals surface area contributed by atoms with Crippen LogP contribution in [-0.4, -0.2) is 22.8 Å². The molecule has 0 aliphatic rings. The molecule has 0 saturated heterocycles. The number of aliphatic hydroxyl groups excluding tert-OH is 1. The molecule has 1 aromatic rings. The van der Waals surface area contributed by atoms with Crippen molar-refractivity contribution in [1.29, 1.82) is 5.41 Å². The molecule has 1 unspecified atom stereocenters. The summed E-state index contributed by atoms with van der Waals surface area (Å²) in [6.45, 7) is 3.82. The van der Waals surface area contributed by atoms with Crippen LogP contribution in [0.15, 0.2) is 10.6 Å². The van der Waals surface area contributed by atoms with Gasteiger partial charge in [-0.15, -0.1) is 12.4 Å². The molecule has 0 spiro atoms. The van der Waals surface area contributed by atoms with Crippen LogP contribution in [0.5, 0.6) is 0 Å². The standard InChI is InChI=1S/C8H12N2O3.ClH/c1-3-12-8(9)7(11)6-4-5(2)13-10-6;/h4,7,9,11H,3H2,1-2H3;1H. The molecule has 0 fully saturated rings. The summed E-state index contributed by atoms with van der Waals surface area (Å²) in [6, 6.07) is 1.57. The monoisotopic (exact) mass is 220 g/mol. The second-order valence-electron chi connectivity index (χ2n) is 2.56. The number of hydrogen-bond donors (Lipinski definition) is 2. The summed E-state index contributed by atoms with van der Waals surface area (Å²) in [5.41, 5.74) is 0.302. The van der Waals surface area contributed by atoms with E-state index in [1.54, 1.807) is 19.9 Å². The summed E-state index contributed by atoms with van der Waals surface area (Å²) in [6.07, 6.45) is -1.13. The van der Waals surface area contributed by atoms with E-state index in [1.165, 1.54) is 0 Å². The first-order valence-electron chi connectivity index (χ1n) is 3.97. The van der Waals surface area contributed by atoms with E-state index in [0.29, 0.717) is 18.1 Å². The topological polar surface area (TPSA) is 79.3 Å². The summed E-state index contributed by atoms with van der Waals surface area (Å²) in [4.78, 5) is 0. The number of hydrogen-bond acceptors (Lipinski definition) is 5. The van der Waals surface area contributed by atoms with Crippen molar-refractivity contribution in [2.24, 2.45) is 0 Å². The van der Waals surface area contributed by atoms with Crippen molar-refractivity contribution in [3.63, 3.8) is 0 Å². The summed E-state index contributed by atoms with van der Waals surface area (Å²) in [5, 5.41) is 20.3. The summed E-state index contributed by atoms with van der Waals surface area (Å²) < 4.78 is 9.57. The summed E-state index contributed by atoms with van der Waals surface area (Å²) in [5.74, 6) is 0.383. The van der Waals surface area contributed by atoms with Crippen molar-refractivity contribution in [2.45, 2.75) is 20.0 Å². The zero-order valence-corrected chi connectivity index (χ0v) is 8.80. The summed E-state index contributed by atoms with van der Waals surface area (Å²) in [7, 11) is 0. The Morgan fingerprint density at radius 3 is 2.86 bits per heavy atom. The highest BCUT2D eigenvalue weighted by Crippen LogP contribution is 2.13. The number of nitrogens with one attached hydrogen (secondary N) is 1. The van der Waals surface area contributed by atoms with Crippen molar-refractivity contribution in [3.05, 3.63) is 17.5 Å². The second kappa shape index (κ2) is 5.62. The number of aromatic nitrogens is 1. The third-order valence-electron chi connectivity index (χ3n) is 1.47. The highest BCUT2D eigenvalue weighted by atomic mass is 35.5. The van der Waals surface area contributed by atoms with Gasteiger partial charge in [-0.3, -0.25) is 5.41 Å². The van der Waals surface area contributed by atoms with Gasteiger partial charge in [-0.05, 0) is 13.8 Å². The molecule has 0 aliphatic heterocycles. The van der Waals surface area contributed by atoms with Crippen LogP contribution in [0.4, 0.5) is 0 Å². The first-order chi connectivity index (χ1) is 6.15. The van der Waals surface area contributed by atoms with Crippen molar-refractivity contribution >= 4 is 18.3 Å². The maximum atomic E-state index is 9.46. The number of nitrogens with zero attached hydrogens (tertiary/aromatic N) is 1. The number of aryl methyl sites for hydroxylation is 1. The molecule has 0 saturated carbocycles. The Morgan fingerprint density at radius 2 is 2.43 bits per heavy atom. The minimum absolute atomic E-state index is 0. The molecule has 14 heavy (non-hydrogen) atoms. The van der Waals surface area contributed by atoms with E-state index in [1.807, 2.05) is 0 Å². The van der Waals surface area contributed by atoms with Gasteiger partial charge in [0.2, 0.25) is 5.90 Å². The van der Waals surface area contributed by atoms with Crippen LogP contribution >= 0.6 is 12.4 Å². The second-order valence-corrected chi connectivity index (χ2v) is 2.56. The fourth-order valence-corrected chi connectivity index (χ4v) is 0.883. The van der Waals surface area contributed by atoms with Gasteiger partial charge < -0.3 is 14.4 Å². The molecule has 6 heteroatoms. The number of rotatable bonds is 3. The molecular formula is C8H13ClN2O3. The number of halogens is 1. The van der Waals surface area contributed by atoms with Gasteiger partial charge in [0.15, 0.2) is 6.10 Å². The van der Waals surface area contributed by atoms with Gasteiger partial charge >= 0.3 is 0 Å². The van der Waals surface area contributed by atoms with Crippen molar-refractivity contribution in [1.82, 2.24) is 5.16 Å². The molecule has 0 aliphatic carbocycles. The molecule has 0 aromatic carbocycles. The molecule has 80 valence electrons. The van der Waals surface area contributed by atoms with E-state index in [0.717, 1.165) is 0 Å². The van der Waals surface area contributed by atoms with Crippen LogP contribution in [0.1, 0.15) is 24.5 Å². The average molecular weight is 221 g/mol. The molecule has 1 heterocycles. The van der Waals surface area contributed by atoms with E-state index in [9.17, 15) is 5.11 Å². The Balaban J connectivity index is 0.00000169. The Bertz CT molecular complexity index is 301. The summed E-state index contributed by atoms with van der Waals surface area (Å²) >= 11 is 0. The van der Waals surface area contributed by atoms with Gasteiger partial charge in [0.25, 0.3) is 0 Å². The molecule has 5 nitrogen and oxygen atoms in total. The predicted octanol–water partition coefficient (Wildman–Crippen LogP) is 1.45. The highest BCUT2D eigenvalue weighted by molar-refractivity contribution is 5.85. The molecule has 0 amide bonds. The fraction of sp³-hybridized carbons (Fsp3) is 0.500. The lowest BCUT2D eigenvalue weighted by atomic mass is 10.2. The van der Waals surface area contributed by atoms with Gasteiger partial charge in [0, 0.05) is 6.07 Å². The Hall–Kier alpha value is -1.07. The van der Waals surface area contributed by atoms with Gasteiger partial charge in [0.1, 0.15) is 11.5 Å². The third kappa shape index (κ3) is 3.01. The molecule has 1 aromatic heterocycles. The SMILES string of the molecule is CCOC(=N)C(O)c1cc(C)on1.Cl. The third-order valence-corrected chi connectivity index (χ3v) is 1.47. The van der Waals surface area contributed by atoms with E-state index >= 15 is 0 Å². The number of aliphatic hydroxyl groups is 1. The lowest BCUT2D eigenvalue weighted by Gasteiger charge is -2.08. The van der Waals surface area contributed by atoms with Crippen molar-refractivity contribution < 1.29 is 14.4 Å². The average Bonchev–Trinajstić information content (AvgIpc) is 2.51. The van der Waals surface area contributed by atoms with Crippen LogP contribution in [0, 0.1) is 12.3 Å². The van der Waals surface area contributed by atoms with Crippen molar-refractivity contribution in [2.75, 3.05) is 6.61 Å². The number of ether oxygens (including phenoxy) is 1. The maximum Gasteiger partial charge on any atom is 0.216 e. The molecular weight excluding hydrogens is 208 g/mol. The zero-order valence-electron chi connectivity index (χ0n) is 7.98. The van der Waals surface area contributed by atoms with Gasteiger partial charge in [-0.25, -0.2) is 0 Å². The van der Waals surface area contributed by atoms with Gasteiger partial charge in [-0.1, -0.05) is 5.16 Å². The minimum atomic E-state index is -1.13. The molecule has 1 rings (SSSR count). The molecule has 2 N–H and O–H groups in total. The zero-order chi connectivity index (χ0) is 9.84. The highest BCUT2D eigenvalue weighted by Gasteiger charge is 2.18. The lowest BCUT2D eigenvalue weighted by molar-refractivity contribution is 0.182. The fourth-order valence-electron chi connectivity index (χ4n) is 0.883. The minimum Gasteiger partial charge on any atom is -0.479 e. The van der Waals surface area contributed by atoms with Crippen LogP contribution in [-0.2, 0) is 4.74 Å². The first-order valence-corrected chi connectivity index (χ1v) is 3.97. The Kier molecular flexibility index (Phi) is 5.19. The molecule has 0 radical (unpaired) electrons. The lowest BCUT2D eigenvalue weighted by Crippen LogP contribution is -2.14. The smallest absolute Gasteiger partial charge is 0.216 e. The largest absolute Gasteiger partial charge is 0.479 e. The first kappa shape index (κ1) is 12.9. The van der Waals surface area contributed by atoms with Crippen molar-refractivity contribution in [3.8, 4) is 0 Å². The normalized spacial score (nSPS) is 11.6. The van der Waals surface area contributed by atoms with E-state index in [4.69, 9.17) is 14.7 Å². The van der Waals surface area contributed by atoms with Gasteiger partial charge in [-0.2, -0.15) is 0 Å². The van der Waals surface area contributed by atoms with E-state index in [-0.39, 0.29) is 18.3 Å². The quantitative estimate of drug-likeness (QED) is 0.597. The predicted molar refractivity (Wildman–Crippen MR) is 52.8 cm³/mol. The van der Waals surface area contributed by atoms with Crippen LogP contribution in [0.2, 0.25) is 0 Å². The van der Waals surface area contributed by atoms with Crippen LogP contribution < -0.4 is 0 Å². The maximum absolute atomic E-state index is 9.46. The Morgan fingerprint density at radius 1 is 1.79 bits per heavy atom. The van der Waals surface area contributed by atoms with Gasteiger partial charge in [0.05, 0.1) is 6.61 Å². The Labute approximate surface area is 88.0 Å². The van der Waals surface area contributed by atoms with Crippen LogP contribution in [0.3, 0.4) is 0 Å². The molecule has 0 bridgehead atoms. The molecule has 1 atom stereocenters. The van der Waals surface area contributed by atoms with Crippen LogP contribution in [0.25, 0.3) is 0 Å².